The molecule has 0 saturated heterocycles. The van der Waals surface area contributed by atoms with E-state index >= 15 is 0 Å². The van der Waals surface area contributed by atoms with Gasteiger partial charge in [0, 0.05) is 30.2 Å². The van der Waals surface area contributed by atoms with Crippen LogP contribution in [0.15, 0.2) is 24.3 Å². The number of anilines is 2. The number of fused-ring (bicyclic) bond motifs is 1. The van der Waals surface area contributed by atoms with Crippen LogP contribution in [0.4, 0.5) is 10.7 Å². The van der Waals surface area contributed by atoms with Crippen molar-refractivity contribution in [2.75, 3.05) is 24.3 Å². The molecule has 3 rings (SSSR count). The van der Waals surface area contributed by atoms with Gasteiger partial charge in [-0.3, -0.25) is 4.79 Å². The van der Waals surface area contributed by atoms with Crippen LogP contribution in [0.2, 0.25) is 0 Å². The summed E-state index contributed by atoms with van der Waals surface area (Å²) >= 11 is 1.55. The number of carbonyl (C=O) groups excluding carboxylic acids is 1. The maximum absolute atomic E-state index is 12.4. The molecule has 4 nitrogen and oxygen atoms in total. The third-order valence-corrected chi connectivity index (χ3v) is 5.36. The molecule has 1 aromatic heterocycles. The number of carbonyl (C=O) groups is 1. The lowest BCUT2D eigenvalue weighted by Crippen LogP contribution is -2.13. The fourth-order valence-corrected chi connectivity index (χ4v) is 4.09. The molecule has 1 aliphatic carbocycles. The second kappa shape index (κ2) is 6.43. The smallest absolute Gasteiger partial charge is 0.256 e. The lowest BCUT2D eigenvalue weighted by molar-refractivity contribution is 0.102. The van der Waals surface area contributed by atoms with Crippen molar-refractivity contribution < 1.29 is 4.79 Å². The Morgan fingerprint density at radius 2 is 1.91 bits per heavy atom. The van der Waals surface area contributed by atoms with Crippen molar-refractivity contribution in [3.63, 3.8) is 0 Å². The normalized spacial score (nSPS) is 13.1. The Morgan fingerprint density at radius 3 is 2.57 bits per heavy atom. The number of hydrogen-bond donors (Lipinski definition) is 1. The first kappa shape index (κ1) is 15.6. The molecule has 0 radical (unpaired) electrons. The van der Waals surface area contributed by atoms with Crippen LogP contribution in [-0.4, -0.2) is 20.0 Å². The monoisotopic (exact) mass is 325 g/mol. The van der Waals surface area contributed by atoms with E-state index < -0.39 is 0 Å². The lowest BCUT2D eigenvalue weighted by atomic mass is 9.96. The van der Waals surface area contributed by atoms with Gasteiger partial charge >= 0.3 is 0 Å². The molecule has 0 aliphatic heterocycles. The van der Waals surface area contributed by atoms with E-state index in [1.165, 1.54) is 4.88 Å². The number of aryl methyl sites for hydroxylation is 1. The van der Waals surface area contributed by atoms with E-state index in [0.717, 1.165) is 36.9 Å². The maximum atomic E-state index is 12.4. The van der Waals surface area contributed by atoms with E-state index in [9.17, 15) is 10.1 Å². The van der Waals surface area contributed by atoms with Crippen molar-refractivity contribution in [2.24, 2.45) is 0 Å². The summed E-state index contributed by atoms with van der Waals surface area (Å²) in [5.74, 6) is -0.162. The minimum absolute atomic E-state index is 0.162. The second-order valence-corrected chi connectivity index (χ2v) is 7.03. The third kappa shape index (κ3) is 3.08. The van der Waals surface area contributed by atoms with E-state index in [0.29, 0.717) is 16.1 Å². The Kier molecular flexibility index (Phi) is 4.35. The molecule has 1 aromatic carbocycles. The summed E-state index contributed by atoms with van der Waals surface area (Å²) in [6.45, 7) is 0. The quantitative estimate of drug-likeness (QED) is 0.933. The molecule has 2 aromatic rings. The largest absolute Gasteiger partial charge is 0.378 e. The third-order valence-electron chi connectivity index (χ3n) is 4.16. The van der Waals surface area contributed by atoms with Crippen molar-refractivity contribution in [1.29, 1.82) is 5.26 Å². The van der Waals surface area contributed by atoms with Gasteiger partial charge in [-0.1, -0.05) is 0 Å². The average molecular weight is 325 g/mol. The van der Waals surface area contributed by atoms with Gasteiger partial charge in [-0.15, -0.1) is 11.3 Å². The number of thiophene rings is 1. The summed E-state index contributed by atoms with van der Waals surface area (Å²) in [6, 6.07) is 9.73. The topological polar surface area (TPSA) is 56.1 Å². The van der Waals surface area contributed by atoms with Gasteiger partial charge in [0.2, 0.25) is 0 Å². The summed E-state index contributed by atoms with van der Waals surface area (Å²) < 4.78 is 0. The van der Waals surface area contributed by atoms with E-state index in [4.69, 9.17) is 0 Å². The predicted molar refractivity (Wildman–Crippen MR) is 94.4 cm³/mol. The molecular formula is C18H19N3OS. The summed E-state index contributed by atoms with van der Waals surface area (Å²) in [5, 5.41) is 13.1. The Morgan fingerprint density at radius 1 is 1.22 bits per heavy atom. The second-order valence-electron chi connectivity index (χ2n) is 5.92. The van der Waals surface area contributed by atoms with Crippen LogP contribution in [0.5, 0.6) is 0 Å². The minimum atomic E-state index is -0.162. The molecule has 0 bridgehead atoms. The Balaban J connectivity index is 1.83. The van der Waals surface area contributed by atoms with Crippen LogP contribution < -0.4 is 10.2 Å². The first-order valence-electron chi connectivity index (χ1n) is 7.73. The van der Waals surface area contributed by atoms with Crippen molar-refractivity contribution in [1.82, 2.24) is 0 Å². The first-order chi connectivity index (χ1) is 11.1. The summed E-state index contributed by atoms with van der Waals surface area (Å²) in [6.07, 6.45) is 4.25. The SMILES string of the molecule is CN(C)c1ccc(C(=O)Nc2sc3c(c2C#N)CCCC3)cc1. The number of nitrogens with one attached hydrogen (secondary N) is 1. The Bertz CT molecular complexity index is 769. The van der Waals surface area contributed by atoms with Crippen LogP contribution in [0.25, 0.3) is 0 Å². The van der Waals surface area contributed by atoms with Crippen LogP contribution in [0, 0.1) is 11.3 Å². The van der Waals surface area contributed by atoms with Gasteiger partial charge in [0.15, 0.2) is 0 Å². The van der Waals surface area contributed by atoms with Gasteiger partial charge in [0.25, 0.3) is 5.91 Å². The molecule has 5 heteroatoms. The lowest BCUT2D eigenvalue weighted by Gasteiger charge is -2.12. The molecule has 118 valence electrons. The van der Waals surface area contributed by atoms with Gasteiger partial charge in [0.05, 0.1) is 5.56 Å². The molecule has 0 unspecified atom stereocenters. The molecule has 23 heavy (non-hydrogen) atoms. The highest BCUT2D eigenvalue weighted by molar-refractivity contribution is 7.16. The number of amides is 1. The molecule has 0 atom stereocenters. The van der Waals surface area contributed by atoms with E-state index in [-0.39, 0.29) is 5.91 Å². The summed E-state index contributed by atoms with van der Waals surface area (Å²) in [7, 11) is 3.93. The molecular weight excluding hydrogens is 306 g/mol. The van der Waals surface area contributed by atoms with Gasteiger partial charge in [-0.2, -0.15) is 5.26 Å². The van der Waals surface area contributed by atoms with Crippen LogP contribution in [0.3, 0.4) is 0 Å². The Hall–Kier alpha value is -2.32. The van der Waals surface area contributed by atoms with Crippen molar-refractivity contribution in [2.45, 2.75) is 25.7 Å². The summed E-state index contributed by atoms with van der Waals surface area (Å²) in [5.41, 5.74) is 3.45. The zero-order valence-electron chi connectivity index (χ0n) is 13.3. The number of benzene rings is 1. The highest BCUT2D eigenvalue weighted by Crippen LogP contribution is 2.37. The number of nitrogens with zero attached hydrogens (tertiary/aromatic N) is 2. The van der Waals surface area contributed by atoms with Gasteiger partial charge in [-0.05, 0) is 55.5 Å². The minimum Gasteiger partial charge on any atom is -0.378 e. The predicted octanol–water partition coefficient (Wildman–Crippen LogP) is 3.82. The van der Waals surface area contributed by atoms with Gasteiger partial charge in [-0.25, -0.2) is 0 Å². The molecule has 1 N–H and O–H groups in total. The van der Waals surface area contributed by atoms with Crippen LogP contribution in [0.1, 0.15) is 39.2 Å². The number of hydrogen-bond acceptors (Lipinski definition) is 4. The highest BCUT2D eigenvalue weighted by Gasteiger charge is 2.22. The summed E-state index contributed by atoms with van der Waals surface area (Å²) in [4.78, 5) is 15.7. The van der Waals surface area contributed by atoms with E-state index in [2.05, 4.69) is 11.4 Å². The zero-order chi connectivity index (χ0) is 16.4. The van der Waals surface area contributed by atoms with E-state index in [1.54, 1.807) is 11.3 Å². The van der Waals surface area contributed by atoms with Crippen molar-refractivity contribution in [3.05, 3.63) is 45.8 Å². The highest BCUT2D eigenvalue weighted by atomic mass is 32.1. The van der Waals surface area contributed by atoms with E-state index in [1.807, 2.05) is 43.3 Å². The maximum Gasteiger partial charge on any atom is 0.256 e. The molecule has 0 saturated carbocycles. The standard InChI is InChI=1S/C18H19N3OS/c1-21(2)13-9-7-12(8-10-13)17(22)20-18-15(11-19)14-5-3-4-6-16(14)23-18/h7-10H,3-6H2,1-2H3,(H,20,22). The van der Waals surface area contributed by atoms with Gasteiger partial charge in [0.1, 0.15) is 11.1 Å². The number of nitriles is 1. The first-order valence-corrected chi connectivity index (χ1v) is 8.55. The van der Waals surface area contributed by atoms with Crippen molar-refractivity contribution >= 4 is 27.9 Å². The average Bonchev–Trinajstić information content (AvgIpc) is 2.91. The fourth-order valence-electron chi connectivity index (χ4n) is 2.86. The molecule has 0 spiro atoms. The molecule has 1 aliphatic rings. The fraction of sp³-hybridized carbons (Fsp3) is 0.333. The molecule has 0 fully saturated rings. The molecule has 1 amide bonds. The van der Waals surface area contributed by atoms with Crippen LogP contribution >= 0.6 is 11.3 Å². The molecule has 1 heterocycles. The van der Waals surface area contributed by atoms with Gasteiger partial charge < -0.3 is 10.2 Å². The van der Waals surface area contributed by atoms with Crippen molar-refractivity contribution in [3.8, 4) is 6.07 Å². The zero-order valence-corrected chi connectivity index (χ0v) is 14.2. The number of rotatable bonds is 3. The van der Waals surface area contributed by atoms with Crippen LogP contribution in [-0.2, 0) is 12.8 Å². The Labute approximate surface area is 140 Å².